The van der Waals surface area contributed by atoms with E-state index >= 15 is 0 Å². The molecule has 0 amide bonds. The predicted molar refractivity (Wildman–Crippen MR) is 112 cm³/mol. The molecule has 5 rings (SSSR count). The Morgan fingerprint density at radius 2 is 1.97 bits per heavy atom. The van der Waals surface area contributed by atoms with E-state index in [0.29, 0.717) is 41.5 Å². The van der Waals surface area contributed by atoms with Crippen molar-refractivity contribution in [1.82, 2.24) is 14.9 Å². The lowest BCUT2D eigenvalue weighted by molar-refractivity contribution is 0.241. The zero-order valence-corrected chi connectivity index (χ0v) is 16.7. The van der Waals surface area contributed by atoms with E-state index in [1.54, 1.807) is 18.2 Å². The van der Waals surface area contributed by atoms with Crippen LogP contribution in [0.4, 0.5) is 0 Å². The molecule has 2 aliphatic heterocycles. The molecule has 1 unspecified atom stereocenters. The quantitative estimate of drug-likeness (QED) is 0.703. The Balaban J connectivity index is 1.42. The third kappa shape index (κ3) is 3.70. The van der Waals surface area contributed by atoms with Gasteiger partial charge in [-0.3, -0.25) is 9.69 Å². The maximum absolute atomic E-state index is 12.4. The molecule has 6 nitrogen and oxygen atoms in total. The van der Waals surface area contributed by atoms with Gasteiger partial charge in [-0.1, -0.05) is 17.7 Å². The van der Waals surface area contributed by atoms with Crippen LogP contribution in [0, 0.1) is 0 Å². The van der Waals surface area contributed by atoms with Crippen molar-refractivity contribution < 1.29 is 9.47 Å². The fourth-order valence-corrected chi connectivity index (χ4v) is 4.37. The molecule has 3 heterocycles. The number of rotatable bonds is 3. The fourth-order valence-electron chi connectivity index (χ4n) is 4.21. The number of H-pyrrole nitrogens is 1. The van der Waals surface area contributed by atoms with Crippen molar-refractivity contribution in [3.05, 3.63) is 63.2 Å². The fraction of sp³-hybridized carbons (Fsp3) is 0.364. The Labute approximate surface area is 173 Å². The van der Waals surface area contributed by atoms with E-state index in [9.17, 15) is 4.79 Å². The summed E-state index contributed by atoms with van der Waals surface area (Å²) in [5.74, 6) is 2.29. The lowest BCUT2D eigenvalue weighted by Crippen LogP contribution is -2.25. The molecule has 1 saturated heterocycles. The molecule has 0 aliphatic carbocycles. The molecule has 150 valence electrons. The molecule has 7 heteroatoms. The lowest BCUT2D eigenvalue weighted by atomic mass is 10.0. The number of hydrogen-bond donors (Lipinski definition) is 1. The minimum absolute atomic E-state index is 0.131. The van der Waals surface area contributed by atoms with Crippen LogP contribution in [-0.2, 0) is 6.54 Å². The summed E-state index contributed by atoms with van der Waals surface area (Å²) >= 11 is 6.08. The first kappa shape index (κ1) is 18.5. The summed E-state index contributed by atoms with van der Waals surface area (Å²) in [6, 6.07) is 11.6. The summed E-state index contributed by atoms with van der Waals surface area (Å²) in [5, 5.41) is 1.13. The highest BCUT2D eigenvalue weighted by molar-refractivity contribution is 6.31. The number of ether oxygens (including phenoxy) is 2. The van der Waals surface area contributed by atoms with Crippen LogP contribution in [0.15, 0.2) is 41.2 Å². The van der Waals surface area contributed by atoms with E-state index in [4.69, 9.17) is 21.1 Å². The Morgan fingerprint density at radius 3 is 2.86 bits per heavy atom. The maximum Gasteiger partial charge on any atom is 0.258 e. The summed E-state index contributed by atoms with van der Waals surface area (Å²) in [6.07, 6.45) is 3.05. The van der Waals surface area contributed by atoms with Gasteiger partial charge in [0.05, 0.1) is 30.7 Å². The normalized spacial score (nSPS) is 19.4. The third-order valence-corrected chi connectivity index (χ3v) is 5.83. The second-order valence-corrected chi connectivity index (χ2v) is 8.00. The van der Waals surface area contributed by atoms with Crippen molar-refractivity contribution >= 4 is 22.5 Å². The van der Waals surface area contributed by atoms with Crippen molar-refractivity contribution in [3.8, 4) is 11.5 Å². The van der Waals surface area contributed by atoms with Crippen LogP contribution in [0.5, 0.6) is 11.5 Å². The SMILES string of the molecule is O=c1[nH]c(CN2CCCC2c2ccc3c(c2)OCCCO3)nc2cc(Cl)ccc12. The zero-order valence-electron chi connectivity index (χ0n) is 16.0. The van der Waals surface area contributed by atoms with Crippen LogP contribution in [0.1, 0.15) is 36.7 Å². The van der Waals surface area contributed by atoms with Crippen molar-refractivity contribution in [2.45, 2.75) is 31.8 Å². The number of benzene rings is 2. The van der Waals surface area contributed by atoms with Gasteiger partial charge in [0, 0.05) is 17.5 Å². The van der Waals surface area contributed by atoms with E-state index in [0.717, 1.165) is 37.3 Å². The summed E-state index contributed by atoms with van der Waals surface area (Å²) in [5.41, 5.74) is 1.70. The number of nitrogens with zero attached hydrogens (tertiary/aromatic N) is 2. The van der Waals surface area contributed by atoms with E-state index in [1.165, 1.54) is 5.56 Å². The Morgan fingerprint density at radius 1 is 1.10 bits per heavy atom. The minimum atomic E-state index is -0.131. The number of fused-ring (bicyclic) bond motifs is 2. The van der Waals surface area contributed by atoms with Gasteiger partial charge in [0.2, 0.25) is 0 Å². The summed E-state index contributed by atoms with van der Waals surface area (Å²) in [4.78, 5) is 22.4. The molecule has 1 aromatic heterocycles. The van der Waals surface area contributed by atoms with Gasteiger partial charge in [-0.05, 0) is 55.3 Å². The molecule has 3 aromatic rings. The molecule has 1 atom stereocenters. The largest absolute Gasteiger partial charge is 0.490 e. The Bertz CT molecular complexity index is 1110. The number of nitrogens with one attached hydrogen (secondary N) is 1. The maximum atomic E-state index is 12.4. The monoisotopic (exact) mass is 411 g/mol. The summed E-state index contributed by atoms with van der Waals surface area (Å²) < 4.78 is 11.6. The molecule has 29 heavy (non-hydrogen) atoms. The average Bonchev–Trinajstić information content (AvgIpc) is 3.03. The second-order valence-electron chi connectivity index (χ2n) is 7.56. The number of halogens is 1. The molecule has 0 radical (unpaired) electrons. The van der Waals surface area contributed by atoms with Crippen molar-refractivity contribution in [3.63, 3.8) is 0 Å². The van der Waals surface area contributed by atoms with Gasteiger partial charge in [-0.25, -0.2) is 4.98 Å². The molecular formula is C22H22ClN3O3. The smallest absolute Gasteiger partial charge is 0.258 e. The highest BCUT2D eigenvalue weighted by atomic mass is 35.5. The summed E-state index contributed by atoms with van der Waals surface area (Å²) in [6.45, 7) is 2.90. The minimum Gasteiger partial charge on any atom is -0.490 e. The standard InChI is InChI=1S/C22H22ClN3O3/c23-15-5-6-16-17(12-15)24-21(25-22(16)27)13-26-8-1-3-18(26)14-4-7-19-20(11-14)29-10-2-9-28-19/h4-7,11-12,18H,1-3,8-10,13H2,(H,24,25,27). The van der Waals surface area contributed by atoms with Gasteiger partial charge in [0.15, 0.2) is 11.5 Å². The number of hydrogen-bond acceptors (Lipinski definition) is 5. The van der Waals surface area contributed by atoms with Gasteiger partial charge in [0.1, 0.15) is 5.82 Å². The van der Waals surface area contributed by atoms with Crippen LogP contribution >= 0.6 is 11.6 Å². The van der Waals surface area contributed by atoms with Crippen LogP contribution in [0.25, 0.3) is 10.9 Å². The lowest BCUT2D eigenvalue weighted by Gasteiger charge is -2.25. The van der Waals surface area contributed by atoms with Crippen molar-refractivity contribution in [1.29, 1.82) is 0 Å². The first-order chi connectivity index (χ1) is 14.2. The number of aromatic nitrogens is 2. The summed E-state index contributed by atoms with van der Waals surface area (Å²) in [7, 11) is 0. The number of likely N-dealkylation sites (tertiary alicyclic amines) is 1. The molecule has 0 spiro atoms. The van der Waals surface area contributed by atoms with E-state index in [1.807, 2.05) is 6.07 Å². The number of aromatic amines is 1. The van der Waals surface area contributed by atoms with Crippen molar-refractivity contribution in [2.24, 2.45) is 0 Å². The molecular weight excluding hydrogens is 390 g/mol. The molecule has 2 aromatic carbocycles. The Kier molecular flexibility index (Phi) is 4.89. The highest BCUT2D eigenvalue weighted by Gasteiger charge is 2.28. The van der Waals surface area contributed by atoms with E-state index in [2.05, 4.69) is 27.0 Å². The predicted octanol–water partition coefficient (Wildman–Crippen LogP) is 4.07. The van der Waals surface area contributed by atoms with Crippen LogP contribution < -0.4 is 15.0 Å². The van der Waals surface area contributed by atoms with Gasteiger partial charge >= 0.3 is 0 Å². The van der Waals surface area contributed by atoms with Gasteiger partial charge in [-0.2, -0.15) is 0 Å². The molecule has 1 N–H and O–H groups in total. The van der Waals surface area contributed by atoms with Crippen LogP contribution in [-0.4, -0.2) is 34.6 Å². The average molecular weight is 412 g/mol. The van der Waals surface area contributed by atoms with Crippen molar-refractivity contribution in [2.75, 3.05) is 19.8 Å². The van der Waals surface area contributed by atoms with E-state index < -0.39 is 0 Å². The molecule has 0 bridgehead atoms. The second kappa shape index (κ2) is 7.69. The molecule has 2 aliphatic rings. The molecule has 0 saturated carbocycles. The first-order valence-electron chi connectivity index (χ1n) is 9.99. The highest BCUT2D eigenvalue weighted by Crippen LogP contribution is 2.38. The topological polar surface area (TPSA) is 67.5 Å². The van der Waals surface area contributed by atoms with E-state index in [-0.39, 0.29) is 11.6 Å². The zero-order chi connectivity index (χ0) is 19.8. The molecule has 1 fully saturated rings. The first-order valence-corrected chi connectivity index (χ1v) is 10.4. The van der Waals surface area contributed by atoms with Crippen LogP contribution in [0.3, 0.4) is 0 Å². The Hall–Kier alpha value is -2.57. The van der Waals surface area contributed by atoms with Gasteiger partial charge in [-0.15, -0.1) is 0 Å². The van der Waals surface area contributed by atoms with Gasteiger partial charge in [0.25, 0.3) is 5.56 Å². The third-order valence-electron chi connectivity index (χ3n) is 5.59. The van der Waals surface area contributed by atoms with Crippen LogP contribution in [0.2, 0.25) is 5.02 Å². The van der Waals surface area contributed by atoms with Gasteiger partial charge < -0.3 is 14.5 Å².